The number of alkyl halides is 3. The molecule has 1 aliphatic heterocycles. The standard InChI is InChI=1S/C19H17F3N6O3/c1-2-3-27-8-12(14(29)19(20,21)22)11-6-10(7-24-16(11)27)28-4-5-31-17-13(18(28)30)15(23)25-9-26-17/h6-9H,2-5H2,1H3,(H2,23,25,26). The van der Waals surface area contributed by atoms with E-state index in [-0.39, 0.29) is 47.1 Å². The van der Waals surface area contributed by atoms with E-state index in [0.717, 1.165) is 12.5 Å². The van der Waals surface area contributed by atoms with Gasteiger partial charge < -0.3 is 19.9 Å². The normalized spacial score (nSPS) is 14.3. The lowest BCUT2D eigenvalue weighted by Gasteiger charge is -2.20. The van der Waals surface area contributed by atoms with Crippen molar-refractivity contribution in [2.75, 3.05) is 23.8 Å². The number of carbonyl (C=O) groups excluding carboxylic acids is 2. The van der Waals surface area contributed by atoms with Crippen molar-refractivity contribution in [2.24, 2.45) is 0 Å². The maximum atomic E-state index is 13.2. The van der Waals surface area contributed by atoms with E-state index >= 15 is 0 Å². The number of hydrogen-bond donors (Lipinski definition) is 1. The van der Waals surface area contributed by atoms with E-state index in [0.29, 0.717) is 13.0 Å². The molecule has 3 aromatic heterocycles. The van der Waals surface area contributed by atoms with Gasteiger partial charge in [-0.1, -0.05) is 6.92 Å². The van der Waals surface area contributed by atoms with Crippen LogP contribution in [-0.4, -0.2) is 50.5 Å². The Kier molecular flexibility index (Phi) is 4.99. The molecule has 162 valence electrons. The number of Topliss-reactive ketones (excluding diaryl/α,β-unsaturated/α-hetero) is 1. The molecule has 0 atom stereocenters. The smallest absolute Gasteiger partial charge is 0.454 e. The van der Waals surface area contributed by atoms with Crippen LogP contribution in [0, 0.1) is 0 Å². The number of halogens is 3. The maximum Gasteiger partial charge on any atom is 0.454 e. The number of anilines is 2. The van der Waals surface area contributed by atoms with Crippen molar-refractivity contribution in [3.8, 4) is 5.88 Å². The number of rotatable bonds is 4. The molecule has 2 N–H and O–H groups in total. The third kappa shape index (κ3) is 3.53. The molecule has 1 aliphatic rings. The van der Waals surface area contributed by atoms with E-state index in [1.54, 1.807) is 0 Å². The van der Waals surface area contributed by atoms with Gasteiger partial charge in [-0.3, -0.25) is 9.59 Å². The topological polar surface area (TPSA) is 116 Å². The first-order valence-corrected chi connectivity index (χ1v) is 9.38. The molecule has 0 fully saturated rings. The maximum absolute atomic E-state index is 13.2. The minimum atomic E-state index is -5.04. The second-order valence-corrected chi connectivity index (χ2v) is 6.87. The van der Waals surface area contributed by atoms with Crippen molar-refractivity contribution in [1.82, 2.24) is 19.5 Å². The summed E-state index contributed by atoms with van der Waals surface area (Å²) in [6, 6.07) is 1.34. The van der Waals surface area contributed by atoms with Gasteiger partial charge in [-0.2, -0.15) is 13.2 Å². The summed E-state index contributed by atoms with van der Waals surface area (Å²) in [5, 5.41) is 0.00347. The zero-order valence-corrected chi connectivity index (χ0v) is 16.3. The van der Waals surface area contributed by atoms with Crippen molar-refractivity contribution in [1.29, 1.82) is 0 Å². The van der Waals surface area contributed by atoms with E-state index in [2.05, 4.69) is 15.0 Å². The lowest BCUT2D eigenvalue weighted by Crippen LogP contribution is -2.33. The molecule has 0 aromatic carbocycles. The first-order valence-electron chi connectivity index (χ1n) is 9.38. The van der Waals surface area contributed by atoms with Crippen LogP contribution in [0.1, 0.15) is 34.1 Å². The van der Waals surface area contributed by atoms with E-state index in [1.807, 2.05) is 6.92 Å². The summed E-state index contributed by atoms with van der Waals surface area (Å²) >= 11 is 0. The molecule has 12 heteroatoms. The Hall–Kier alpha value is -3.70. The highest BCUT2D eigenvalue weighted by Gasteiger charge is 2.41. The number of ether oxygens (including phenoxy) is 1. The Morgan fingerprint density at radius 3 is 2.77 bits per heavy atom. The van der Waals surface area contributed by atoms with Crippen LogP contribution >= 0.6 is 0 Å². The van der Waals surface area contributed by atoms with Crippen LogP contribution in [0.25, 0.3) is 11.0 Å². The first-order chi connectivity index (χ1) is 14.7. The predicted octanol–water partition coefficient (Wildman–Crippen LogP) is 2.60. The molecule has 0 saturated carbocycles. The molecular weight excluding hydrogens is 417 g/mol. The van der Waals surface area contributed by atoms with Crippen LogP contribution in [0.2, 0.25) is 0 Å². The van der Waals surface area contributed by atoms with Crippen molar-refractivity contribution in [2.45, 2.75) is 26.1 Å². The Morgan fingerprint density at radius 1 is 1.29 bits per heavy atom. The molecule has 0 radical (unpaired) electrons. The van der Waals surface area contributed by atoms with Gasteiger partial charge in [-0.15, -0.1) is 0 Å². The number of amides is 1. The lowest BCUT2D eigenvalue weighted by molar-refractivity contribution is -0.0884. The molecule has 0 unspecified atom stereocenters. The van der Waals surface area contributed by atoms with E-state index < -0.39 is 23.4 Å². The van der Waals surface area contributed by atoms with Crippen molar-refractivity contribution in [3.05, 3.63) is 35.9 Å². The predicted molar refractivity (Wildman–Crippen MR) is 104 cm³/mol. The van der Waals surface area contributed by atoms with E-state index in [4.69, 9.17) is 10.5 Å². The summed E-state index contributed by atoms with van der Waals surface area (Å²) in [4.78, 5) is 38.3. The molecule has 31 heavy (non-hydrogen) atoms. The van der Waals surface area contributed by atoms with Gasteiger partial charge in [0.05, 0.1) is 24.0 Å². The molecule has 0 bridgehead atoms. The van der Waals surface area contributed by atoms with Crippen LogP contribution < -0.4 is 15.4 Å². The van der Waals surface area contributed by atoms with E-state index in [1.165, 1.54) is 21.7 Å². The first kappa shape index (κ1) is 20.6. The SMILES string of the molecule is CCCn1cc(C(=O)C(F)(F)F)c2cc(N3CCOc4ncnc(N)c4C3=O)cnc21. The Bertz CT molecular complexity index is 1190. The quantitative estimate of drug-likeness (QED) is 0.628. The highest BCUT2D eigenvalue weighted by molar-refractivity contribution is 6.13. The molecule has 9 nitrogen and oxygen atoms in total. The fraction of sp³-hybridized carbons (Fsp3) is 0.316. The van der Waals surface area contributed by atoms with Gasteiger partial charge in [0.25, 0.3) is 11.7 Å². The van der Waals surface area contributed by atoms with Crippen LogP contribution in [0.15, 0.2) is 24.8 Å². The molecule has 1 amide bonds. The van der Waals surface area contributed by atoms with Gasteiger partial charge >= 0.3 is 6.18 Å². The summed E-state index contributed by atoms with van der Waals surface area (Å²) in [6.07, 6.45) is -0.742. The number of ketones is 1. The highest BCUT2D eigenvalue weighted by Crippen LogP contribution is 2.32. The number of aromatic nitrogens is 4. The number of nitrogens with zero attached hydrogens (tertiary/aromatic N) is 5. The van der Waals surface area contributed by atoms with Gasteiger partial charge in [0, 0.05) is 18.1 Å². The van der Waals surface area contributed by atoms with Gasteiger partial charge in [0.15, 0.2) is 0 Å². The monoisotopic (exact) mass is 434 g/mol. The average molecular weight is 434 g/mol. The number of pyridine rings is 1. The van der Waals surface area contributed by atoms with Crippen LogP contribution in [0.3, 0.4) is 0 Å². The average Bonchev–Trinajstić information content (AvgIpc) is 2.97. The molecule has 4 heterocycles. The molecular formula is C19H17F3N6O3. The Balaban J connectivity index is 1.84. The van der Waals surface area contributed by atoms with Crippen LogP contribution in [0.4, 0.5) is 24.7 Å². The zero-order chi connectivity index (χ0) is 22.3. The summed E-state index contributed by atoms with van der Waals surface area (Å²) in [5.41, 5.74) is 5.67. The Labute approximate surface area is 173 Å². The van der Waals surface area contributed by atoms with Gasteiger partial charge in [0.1, 0.15) is 30.0 Å². The number of carbonyl (C=O) groups is 2. The zero-order valence-electron chi connectivity index (χ0n) is 16.3. The highest BCUT2D eigenvalue weighted by atomic mass is 19.4. The second-order valence-electron chi connectivity index (χ2n) is 6.87. The van der Waals surface area contributed by atoms with Crippen molar-refractivity contribution >= 4 is 34.2 Å². The molecule has 3 aromatic rings. The number of nitrogens with two attached hydrogens (primary N) is 1. The summed E-state index contributed by atoms with van der Waals surface area (Å²) in [7, 11) is 0. The number of aryl methyl sites for hydroxylation is 1. The van der Waals surface area contributed by atoms with Crippen molar-refractivity contribution < 1.29 is 27.5 Å². The third-order valence-corrected chi connectivity index (χ3v) is 4.83. The van der Waals surface area contributed by atoms with Gasteiger partial charge in [-0.25, -0.2) is 15.0 Å². The largest absolute Gasteiger partial charge is 0.475 e. The summed E-state index contributed by atoms with van der Waals surface area (Å²) in [6.45, 7) is 2.37. The van der Waals surface area contributed by atoms with E-state index in [9.17, 15) is 22.8 Å². The van der Waals surface area contributed by atoms with Gasteiger partial charge in [-0.05, 0) is 12.5 Å². The lowest BCUT2D eigenvalue weighted by atomic mass is 10.1. The Morgan fingerprint density at radius 2 is 2.06 bits per heavy atom. The van der Waals surface area contributed by atoms with Crippen molar-refractivity contribution in [3.63, 3.8) is 0 Å². The van der Waals surface area contributed by atoms with Crippen LogP contribution in [-0.2, 0) is 6.54 Å². The summed E-state index contributed by atoms with van der Waals surface area (Å²) in [5.74, 6) is -2.61. The second kappa shape index (κ2) is 7.52. The molecule has 0 saturated heterocycles. The number of nitrogen functional groups attached to an aromatic ring is 1. The minimum absolute atomic E-state index is 0.00347. The number of fused-ring (bicyclic) bond motifs is 2. The fourth-order valence-electron chi connectivity index (χ4n) is 3.46. The minimum Gasteiger partial charge on any atom is -0.475 e. The molecule has 0 aliphatic carbocycles. The molecule has 4 rings (SSSR count). The summed E-state index contributed by atoms with van der Waals surface area (Å²) < 4.78 is 46.4. The number of hydrogen-bond acceptors (Lipinski definition) is 7. The molecule has 0 spiro atoms. The van der Waals surface area contributed by atoms with Gasteiger partial charge in [0.2, 0.25) is 5.88 Å². The fourth-order valence-corrected chi connectivity index (χ4v) is 3.46. The van der Waals surface area contributed by atoms with Crippen LogP contribution in [0.5, 0.6) is 5.88 Å². The third-order valence-electron chi connectivity index (χ3n) is 4.83.